The standard InChI is InChI=1S/C38H29N3/c1-4-10-31-19(7-1)22-13-25-29(17-35(22)40-31)38-27-15-24-21-9-3-6-12-33(21)39-34(24)16-28(27)37(25)26-14-23-20-8-2-5-11-32(20)41-36(23)18-30(26)38/h1-14,17-18,24,27-28,34,37-41H,15-16H2/t24-,27?,28?,34?,37?,38?/m1/s1. The Labute approximate surface area is 237 Å². The molecule has 12 rings (SSSR count). The molecule has 2 aromatic heterocycles. The van der Waals surface area contributed by atoms with Crippen molar-refractivity contribution in [2.45, 2.75) is 36.6 Å². The molecular weight excluding hydrogens is 498 g/mol. The molecule has 4 aliphatic carbocycles. The predicted molar refractivity (Wildman–Crippen MR) is 168 cm³/mol. The van der Waals surface area contributed by atoms with Crippen LogP contribution >= 0.6 is 0 Å². The van der Waals surface area contributed by atoms with Crippen molar-refractivity contribution in [3.63, 3.8) is 0 Å². The van der Waals surface area contributed by atoms with Crippen LogP contribution in [-0.2, 0) is 0 Å². The van der Waals surface area contributed by atoms with E-state index in [1.807, 2.05) is 0 Å². The first-order chi connectivity index (χ1) is 20.3. The SMILES string of the molecule is c1ccc2c(c1)NC1CC3C4c5cc6c(cc5C(c5cc7[nH]c8ccccc8c7cc54)C3C[C@H]21)[nH]c1ccccc16. The molecule has 196 valence electrons. The number of hydrogen-bond acceptors (Lipinski definition) is 1. The number of nitrogens with one attached hydrogen (secondary N) is 3. The van der Waals surface area contributed by atoms with Gasteiger partial charge in [-0.1, -0.05) is 54.6 Å². The Hall–Kier alpha value is -4.50. The number of aromatic nitrogens is 2. The summed E-state index contributed by atoms with van der Waals surface area (Å²) in [4.78, 5) is 7.53. The van der Waals surface area contributed by atoms with E-state index >= 15 is 0 Å². The fourth-order valence-electron chi connectivity index (χ4n) is 9.88. The average molecular weight is 528 g/mol. The smallest absolute Gasteiger partial charge is 0.0468 e. The predicted octanol–water partition coefficient (Wildman–Crippen LogP) is 9.15. The average Bonchev–Trinajstić information content (AvgIpc) is 3.68. The Morgan fingerprint density at radius 3 is 1.66 bits per heavy atom. The Balaban J connectivity index is 1.18. The summed E-state index contributed by atoms with van der Waals surface area (Å²) in [6.45, 7) is 0. The molecule has 1 aliphatic heterocycles. The summed E-state index contributed by atoms with van der Waals surface area (Å²) in [7, 11) is 0. The Morgan fingerprint density at radius 2 is 1.00 bits per heavy atom. The summed E-state index contributed by atoms with van der Waals surface area (Å²) in [6.07, 6.45) is 2.50. The largest absolute Gasteiger partial charge is 0.381 e. The Bertz CT molecular complexity index is 2130. The highest BCUT2D eigenvalue weighted by atomic mass is 15.0. The lowest BCUT2D eigenvalue weighted by atomic mass is 9.49. The number of rotatable bonds is 0. The molecule has 0 radical (unpaired) electrons. The molecule has 0 amide bonds. The molecule has 1 saturated carbocycles. The maximum absolute atomic E-state index is 3.97. The van der Waals surface area contributed by atoms with Gasteiger partial charge in [0.25, 0.3) is 0 Å². The number of benzene rings is 5. The maximum Gasteiger partial charge on any atom is 0.0468 e. The first-order valence-electron chi connectivity index (χ1n) is 15.2. The first kappa shape index (κ1) is 21.3. The molecule has 3 heteroatoms. The van der Waals surface area contributed by atoms with Gasteiger partial charge in [0.2, 0.25) is 0 Å². The molecule has 7 aromatic rings. The third-order valence-electron chi connectivity index (χ3n) is 11.4. The highest BCUT2D eigenvalue weighted by molar-refractivity contribution is 6.09. The maximum atomic E-state index is 3.97. The van der Waals surface area contributed by atoms with E-state index in [4.69, 9.17) is 0 Å². The van der Waals surface area contributed by atoms with Gasteiger partial charge in [-0.25, -0.2) is 0 Å². The molecule has 2 bridgehead atoms. The lowest BCUT2D eigenvalue weighted by Gasteiger charge is -2.55. The number of aromatic amines is 2. The van der Waals surface area contributed by atoms with Gasteiger partial charge in [-0.2, -0.15) is 0 Å². The van der Waals surface area contributed by atoms with Crippen LogP contribution in [0.4, 0.5) is 5.69 Å². The van der Waals surface area contributed by atoms with Crippen molar-refractivity contribution in [2.24, 2.45) is 11.8 Å². The molecule has 3 nitrogen and oxygen atoms in total. The van der Waals surface area contributed by atoms with Crippen molar-refractivity contribution in [3.05, 3.63) is 125 Å². The second kappa shape index (κ2) is 7.22. The topological polar surface area (TPSA) is 43.6 Å². The van der Waals surface area contributed by atoms with Gasteiger partial charge >= 0.3 is 0 Å². The van der Waals surface area contributed by atoms with Crippen molar-refractivity contribution in [1.82, 2.24) is 9.97 Å². The van der Waals surface area contributed by atoms with Crippen LogP contribution in [0.1, 0.15) is 58.4 Å². The zero-order valence-electron chi connectivity index (χ0n) is 22.6. The van der Waals surface area contributed by atoms with E-state index in [9.17, 15) is 0 Å². The molecule has 3 N–H and O–H groups in total. The molecule has 1 fully saturated rings. The van der Waals surface area contributed by atoms with Gasteiger partial charge in [0.05, 0.1) is 0 Å². The van der Waals surface area contributed by atoms with Crippen LogP contribution in [0.15, 0.2) is 97.1 Å². The fourth-order valence-corrected chi connectivity index (χ4v) is 9.88. The molecule has 0 spiro atoms. The van der Waals surface area contributed by atoms with Gasteiger partial charge in [-0.15, -0.1) is 0 Å². The zero-order valence-corrected chi connectivity index (χ0v) is 22.6. The molecule has 3 heterocycles. The number of fused-ring (bicyclic) bond motifs is 9. The van der Waals surface area contributed by atoms with Gasteiger partial charge < -0.3 is 15.3 Å². The van der Waals surface area contributed by atoms with Crippen molar-refractivity contribution >= 4 is 49.3 Å². The molecule has 5 aromatic carbocycles. The highest BCUT2D eigenvalue weighted by Crippen LogP contribution is 2.65. The van der Waals surface area contributed by atoms with Crippen LogP contribution < -0.4 is 5.32 Å². The summed E-state index contributed by atoms with van der Waals surface area (Å²) in [5, 5.41) is 9.39. The van der Waals surface area contributed by atoms with E-state index in [0.29, 0.717) is 35.6 Å². The lowest BCUT2D eigenvalue weighted by Crippen LogP contribution is -2.46. The summed E-state index contributed by atoms with van der Waals surface area (Å²) >= 11 is 0. The number of H-pyrrole nitrogens is 2. The van der Waals surface area contributed by atoms with E-state index in [1.54, 1.807) is 22.3 Å². The van der Waals surface area contributed by atoms with Gasteiger partial charge in [-0.05, 0) is 95.0 Å². The van der Waals surface area contributed by atoms with Gasteiger partial charge in [-0.3, -0.25) is 0 Å². The van der Waals surface area contributed by atoms with Crippen molar-refractivity contribution in [2.75, 3.05) is 5.32 Å². The van der Waals surface area contributed by atoms with E-state index in [1.165, 1.54) is 67.7 Å². The second-order valence-electron chi connectivity index (χ2n) is 13.1. The quantitative estimate of drug-likeness (QED) is 0.181. The van der Waals surface area contributed by atoms with Crippen LogP contribution in [0.5, 0.6) is 0 Å². The minimum atomic E-state index is 0.426. The molecule has 4 atom stereocenters. The normalized spacial score (nSPS) is 27.0. The third-order valence-corrected chi connectivity index (χ3v) is 11.4. The van der Waals surface area contributed by atoms with E-state index in [-0.39, 0.29) is 0 Å². The zero-order chi connectivity index (χ0) is 26.4. The molecular formula is C38H29N3. The summed E-state index contributed by atoms with van der Waals surface area (Å²) < 4.78 is 0. The highest BCUT2D eigenvalue weighted by Gasteiger charge is 2.55. The van der Waals surface area contributed by atoms with E-state index in [0.717, 1.165) is 0 Å². The summed E-state index contributed by atoms with van der Waals surface area (Å²) in [5.41, 5.74) is 14.2. The number of hydrogen-bond donors (Lipinski definition) is 3. The molecule has 0 saturated heterocycles. The Morgan fingerprint density at radius 1 is 0.463 bits per heavy atom. The van der Waals surface area contributed by atoms with Crippen LogP contribution in [0.3, 0.4) is 0 Å². The summed E-state index contributed by atoms with van der Waals surface area (Å²) in [5.74, 6) is 2.76. The van der Waals surface area contributed by atoms with Crippen LogP contribution in [-0.4, -0.2) is 16.0 Å². The van der Waals surface area contributed by atoms with Crippen molar-refractivity contribution < 1.29 is 0 Å². The van der Waals surface area contributed by atoms with Gasteiger partial charge in [0.1, 0.15) is 0 Å². The third kappa shape index (κ3) is 2.57. The second-order valence-corrected chi connectivity index (χ2v) is 13.1. The minimum Gasteiger partial charge on any atom is -0.381 e. The first-order valence-corrected chi connectivity index (χ1v) is 15.2. The lowest BCUT2D eigenvalue weighted by molar-refractivity contribution is 0.142. The minimum absolute atomic E-state index is 0.426. The van der Waals surface area contributed by atoms with Crippen LogP contribution in [0, 0.1) is 11.8 Å². The van der Waals surface area contributed by atoms with Gasteiger partial charge in [0, 0.05) is 73.1 Å². The van der Waals surface area contributed by atoms with Crippen LogP contribution in [0.25, 0.3) is 43.6 Å². The monoisotopic (exact) mass is 527 g/mol. The molecule has 5 aliphatic rings. The van der Waals surface area contributed by atoms with E-state index in [2.05, 4.69) is 112 Å². The fraction of sp³-hybridized carbons (Fsp3) is 0.211. The number of anilines is 1. The van der Waals surface area contributed by atoms with E-state index < -0.39 is 0 Å². The van der Waals surface area contributed by atoms with Gasteiger partial charge in [0.15, 0.2) is 0 Å². The Kier molecular flexibility index (Phi) is 3.75. The van der Waals surface area contributed by atoms with Crippen molar-refractivity contribution in [1.29, 1.82) is 0 Å². The van der Waals surface area contributed by atoms with Crippen LogP contribution in [0.2, 0.25) is 0 Å². The molecule has 41 heavy (non-hydrogen) atoms. The summed E-state index contributed by atoms with van der Waals surface area (Å²) in [6, 6.07) is 37.4. The molecule has 3 unspecified atom stereocenters. The van der Waals surface area contributed by atoms with Crippen molar-refractivity contribution in [3.8, 4) is 0 Å². The number of para-hydroxylation sites is 3.